The van der Waals surface area contributed by atoms with Crippen LogP contribution >= 0.6 is 0 Å². The highest BCUT2D eigenvalue weighted by atomic mass is 15.2. The molecular weight excluding hydrogens is 222 g/mol. The minimum absolute atomic E-state index is 0.264. The maximum atomic E-state index is 4.33. The zero-order valence-electron chi connectivity index (χ0n) is 11.9. The van der Waals surface area contributed by atoms with Crippen LogP contribution in [0, 0.1) is 6.92 Å². The highest BCUT2D eigenvalue weighted by molar-refractivity contribution is 5.46. The Morgan fingerprint density at radius 3 is 2.78 bits per heavy atom. The second kappa shape index (κ2) is 5.70. The van der Waals surface area contributed by atoms with Gasteiger partial charge in [0.25, 0.3) is 0 Å². The van der Waals surface area contributed by atoms with Gasteiger partial charge in [0.05, 0.1) is 11.9 Å². The van der Waals surface area contributed by atoms with Crippen LogP contribution in [0.4, 0.5) is 5.69 Å². The fourth-order valence-electron chi connectivity index (χ4n) is 2.78. The number of hydrogen-bond acceptors (Lipinski definition) is 3. The maximum absolute atomic E-state index is 4.33. The quantitative estimate of drug-likeness (QED) is 0.890. The topological polar surface area (TPSA) is 28.2 Å². The third-order valence-corrected chi connectivity index (χ3v) is 4.18. The van der Waals surface area contributed by atoms with Gasteiger partial charge >= 0.3 is 0 Å². The van der Waals surface area contributed by atoms with E-state index in [1.807, 2.05) is 12.4 Å². The lowest BCUT2D eigenvalue weighted by molar-refractivity contribution is 0.321. The van der Waals surface area contributed by atoms with E-state index < -0.39 is 0 Å². The molecule has 1 aliphatic heterocycles. The van der Waals surface area contributed by atoms with Crippen LogP contribution in [0.1, 0.15) is 38.7 Å². The number of aryl methyl sites for hydroxylation is 1. The van der Waals surface area contributed by atoms with Gasteiger partial charge in [0.1, 0.15) is 0 Å². The predicted octanol–water partition coefficient (Wildman–Crippen LogP) is 2.75. The van der Waals surface area contributed by atoms with Crippen LogP contribution in [0.15, 0.2) is 18.5 Å². The number of rotatable bonds is 3. The summed E-state index contributed by atoms with van der Waals surface area (Å²) in [4.78, 5) is 6.82. The first kappa shape index (κ1) is 13.3. The molecule has 0 atom stereocenters. The second-order valence-corrected chi connectivity index (χ2v) is 5.41. The van der Waals surface area contributed by atoms with Crippen LogP contribution in [0.3, 0.4) is 0 Å². The molecule has 1 N–H and O–H groups in total. The summed E-state index contributed by atoms with van der Waals surface area (Å²) in [6.07, 6.45) is 7.48. The van der Waals surface area contributed by atoms with Crippen molar-refractivity contribution in [1.82, 2.24) is 10.3 Å². The molecular formula is C15H25N3. The van der Waals surface area contributed by atoms with E-state index in [2.05, 4.69) is 42.0 Å². The van der Waals surface area contributed by atoms with Gasteiger partial charge in [-0.25, -0.2) is 0 Å². The first-order chi connectivity index (χ1) is 8.69. The summed E-state index contributed by atoms with van der Waals surface area (Å²) in [7, 11) is 0. The van der Waals surface area contributed by atoms with Gasteiger partial charge in [0.2, 0.25) is 0 Å². The lowest BCUT2D eigenvalue weighted by Crippen LogP contribution is -2.50. The van der Waals surface area contributed by atoms with Gasteiger partial charge in [0, 0.05) is 24.8 Å². The van der Waals surface area contributed by atoms with E-state index in [1.165, 1.54) is 30.5 Å². The Morgan fingerprint density at radius 1 is 1.33 bits per heavy atom. The van der Waals surface area contributed by atoms with Crippen molar-refractivity contribution in [2.24, 2.45) is 0 Å². The summed E-state index contributed by atoms with van der Waals surface area (Å²) in [5.41, 5.74) is 2.77. The molecule has 0 aromatic carbocycles. The van der Waals surface area contributed by atoms with Crippen molar-refractivity contribution in [1.29, 1.82) is 0 Å². The fraction of sp³-hybridized carbons (Fsp3) is 0.667. The number of nitrogens with one attached hydrogen (secondary N) is 1. The summed E-state index contributed by atoms with van der Waals surface area (Å²) in [5.74, 6) is 0. The van der Waals surface area contributed by atoms with Gasteiger partial charge < -0.3 is 10.2 Å². The molecule has 100 valence electrons. The molecule has 0 amide bonds. The van der Waals surface area contributed by atoms with E-state index >= 15 is 0 Å². The molecule has 0 radical (unpaired) electrons. The van der Waals surface area contributed by atoms with E-state index in [1.54, 1.807) is 0 Å². The molecule has 1 fully saturated rings. The van der Waals surface area contributed by atoms with E-state index in [9.17, 15) is 0 Å². The Bertz CT molecular complexity index is 385. The average molecular weight is 247 g/mol. The first-order valence-electron chi connectivity index (χ1n) is 7.11. The van der Waals surface area contributed by atoms with Gasteiger partial charge in [-0.1, -0.05) is 13.8 Å². The molecule has 0 saturated carbocycles. The molecule has 0 spiro atoms. The highest BCUT2D eigenvalue weighted by Crippen LogP contribution is 2.24. The Labute approximate surface area is 111 Å². The third-order valence-electron chi connectivity index (χ3n) is 4.18. The van der Waals surface area contributed by atoms with E-state index in [4.69, 9.17) is 0 Å². The minimum Gasteiger partial charge on any atom is -0.368 e. The molecule has 0 bridgehead atoms. The molecule has 1 aromatic rings. The average Bonchev–Trinajstić information content (AvgIpc) is 2.62. The van der Waals surface area contributed by atoms with Crippen LogP contribution in [0.2, 0.25) is 0 Å². The standard InChI is InChI=1S/C15H25N3/c1-4-15(5-2)12-18(8-6-7-17-15)14-9-13(3)10-16-11-14/h9-11,17H,4-8,12H2,1-3H3. The summed E-state index contributed by atoms with van der Waals surface area (Å²) in [6.45, 7) is 10.0. The van der Waals surface area contributed by atoms with Crippen molar-refractivity contribution in [3.8, 4) is 0 Å². The number of nitrogens with zero attached hydrogens (tertiary/aromatic N) is 2. The smallest absolute Gasteiger partial charge is 0.0556 e. The minimum atomic E-state index is 0.264. The number of aromatic nitrogens is 1. The van der Waals surface area contributed by atoms with Crippen LogP contribution in [0.5, 0.6) is 0 Å². The number of hydrogen-bond donors (Lipinski definition) is 1. The normalized spacial score (nSPS) is 19.6. The molecule has 0 aliphatic carbocycles. The maximum Gasteiger partial charge on any atom is 0.0556 e. The Morgan fingerprint density at radius 2 is 2.11 bits per heavy atom. The van der Waals surface area contributed by atoms with E-state index in [-0.39, 0.29) is 5.54 Å². The molecule has 1 saturated heterocycles. The molecule has 0 unspecified atom stereocenters. The van der Waals surface area contributed by atoms with E-state index in [0.29, 0.717) is 0 Å². The largest absolute Gasteiger partial charge is 0.368 e. The Balaban J connectivity index is 2.21. The lowest BCUT2D eigenvalue weighted by atomic mass is 9.92. The van der Waals surface area contributed by atoms with Crippen LogP contribution in [0.25, 0.3) is 0 Å². The van der Waals surface area contributed by atoms with Gasteiger partial charge in [-0.3, -0.25) is 4.98 Å². The second-order valence-electron chi connectivity index (χ2n) is 5.41. The van der Waals surface area contributed by atoms with Crippen molar-refractivity contribution in [2.45, 2.75) is 45.6 Å². The van der Waals surface area contributed by atoms with Gasteiger partial charge in [-0.2, -0.15) is 0 Å². The summed E-state index contributed by atoms with van der Waals surface area (Å²) >= 11 is 0. The van der Waals surface area contributed by atoms with E-state index in [0.717, 1.165) is 19.6 Å². The Kier molecular flexibility index (Phi) is 4.23. The summed E-state index contributed by atoms with van der Waals surface area (Å²) in [6, 6.07) is 2.24. The van der Waals surface area contributed by atoms with Crippen molar-refractivity contribution in [3.05, 3.63) is 24.0 Å². The molecule has 3 nitrogen and oxygen atoms in total. The van der Waals surface area contributed by atoms with Crippen molar-refractivity contribution >= 4 is 5.69 Å². The SMILES string of the molecule is CCC1(CC)CN(c2cncc(C)c2)CCCN1. The third kappa shape index (κ3) is 2.83. The van der Waals surface area contributed by atoms with Gasteiger partial charge in [-0.05, 0) is 44.4 Å². The molecule has 2 rings (SSSR count). The zero-order valence-corrected chi connectivity index (χ0v) is 11.9. The van der Waals surface area contributed by atoms with Crippen LogP contribution in [-0.4, -0.2) is 30.2 Å². The molecule has 18 heavy (non-hydrogen) atoms. The number of pyridine rings is 1. The summed E-state index contributed by atoms with van der Waals surface area (Å²) < 4.78 is 0. The molecule has 2 heterocycles. The first-order valence-corrected chi connectivity index (χ1v) is 7.11. The molecule has 3 heteroatoms. The van der Waals surface area contributed by atoms with Crippen molar-refractivity contribution < 1.29 is 0 Å². The fourth-order valence-corrected chi connectivity index (χ4v) is 2.78. The monoisotopic (exact) mass is 247 g/mol. The predicted molar refractivity (Wildman–Crippen MR) is 77.1 cm³/mol. The van der Waals surface area contributed by atoms with Crippen LogP contribution < -0.4 is 10.2 Å². The summed E-state index contributed by atoms with van der Waals surface area (Å²) in [5, 5.41) is 3.75. The van der Waals surface area contributed by atoms with Crippen LogP contribution in [-0.2, 0) is 0 Å². The van der Waals surface area contributed by atoms with Gasteiger partial charge in [-0.15, -0.1) is 0 Å². The zero-order chi connectivity index (χ0) is 13.0. The van der Waals surface area contributed by atoms with Crippen molar-refractivity contribution in [3.63, 3.8) is 0 Å². The van der Waals surface area contributed by atoms with Crippen molar-refractivity contribution in [2.75, 3.05) is 24.5 Å². The Hall–Kier alpha value is -1.09. The highest BCUT2D eigenvalue weighted by Gasteiger charge is 2.30. The lowest BCUT2D eigenvalue weighted by Gasteiger charge is -2.36. The number of anilines is 1. The molecule has 1 aromatic heterocycles. The van der Waals surface area contributed by atoms with Gasteiger partial charge in [0.15, 0.2) is 0 Å². The molecule has 1 aliphatic rings.